The Labute approximate surface area is 122 Å². The van der Waals surface area contributed by atoms with Crippen LogP contribution in [0.1, 0.15) is 6.42 Å². The second-order valence-electron chi connectivity index (χ2n) is 4.76. The third kappa shape index (κ3) is 2.51. The van der Waals surface area contributed by atoms with Crippen molar-refractivity contribution in [2.45, 2.75) is 6.42 Å². The molecular formula is C16H15N5. The van der Waals surface area contributed by atoms with Crippen molar-refractivity contribution in [2.24, 2.45) is 0 Å². The van der Waals surface area contributed by atoms with Crippen molar-refractivity contribution in [3.63, 3.8) is 0 Å². The molecule has 0 amide bonds. The van der Waals surface area contributed by atoms with E-state index in [0.717, 1.165) is 22.3 Å². The molecule has 0 radical (unpaired) electrons. The van der Waals surface area contributed by atoms with E-state index < -0.39 is 0 Å². The quantitative estimate of drug-likeness (QED) is 0.717. The summed E-state index contributed by atoms with van der Waals surface area (Å²) in [6.45, 7) is 0.588. The zero-order valence-corrected chi connectivity index (χ0v) is 11.5. The normalized spacial score (nSPS) is 10.4. The number of nitriles is 1. The number of nitrogens with two attached hydrogens (primary N) is 1. The molecule has 0 unspecified atom stereocenters. The molecule has 3 aromatic rings. The van der Waals surface area contributed by atoms with Crippen LogP contribution in [0.2, 0.25) is 0 Å². The molecular weight excluding hydrogens is 262 g/mol. The van der Waals surface area contributed by atoms with E-state index in [9.17, 15) is 0 Å². The Morgan fingerprint density at radius 1 is 1.24 bits per heavy atom. The number of nitrogens with one attached hydrogen (secondary N) is 1. The minimum Gasteiger partial charge on any atom is -0.397 e. The predicted octanol–water partition coefficient (Wildman–Crippen LogP) is 3.20. The smallest absolute Gasteiger partial charge is 0.0672 e. The highest BCUT2D eigenvalue weighted by molar-refractivity contribution is 5.90. The standard InChI is InChI=1S/C16H15N5/c17-7-4-8-21(13-5-2-1-3-6-13)16-10-15-12(9-14(16)18)11-19-20-15/h1-3,5-6,9-11H,4,8,18H2,(H,19,20). The fourth-order valence-corrected chi connectivity index (χ4v) is 2.39. The summed E-state index contributed by atoms with van der Waals surface area (Å²) >= 11 is 0. The van der Waals surface area contributed by atoms with Crippen molar-refractivity contribution in [1.29, 1.82) is 5.26 Å². The fraction of sp³-hybridized carbons (Fsp3) is 0.125. The Balaban J connectivity index is 2.09. The first-order valence-electron chi connectivity index (χ1n) is 6.72. The lowest BCUT2D eigenvalue weighted by Gasteiger charge is -2.25. The molecule has 0 bridgehead atoms. The average Bonchev–Trinajstić information content (AvgIpc) is 2.96. The summed E-state index contributed by atoms with van der Waals surface area (Å²) < 4.78 is 0. The number of nitrogens with zero attached hydrogens (tertiary/aromatic N) is 3. The molecule has 1 heterocycles. The van der Waals surface area contributed by atoms with Gasteiger partial charge in [0.15, 0.2) is 0 Å². The van der Waals surface area contributed by atoms with Crippen molar-refractivity contribution in [1.82, 2.24) is 10.2 Å². The van der Waals surface area contributed by atoms with Gasteiger partial charge in [0.2, 0.25) is 0 Å². The van der Waals surface area contributed by atoms with Crippen LogP contribution in [0.25, 0.3) is 10.9 Å². The van der Waals surface area contributed by atoms with Crippen LogP contribution in [0.3, 0.4) is 0 Å². The van der Waals surface area contributed by atoms with Crippen LogP contribution in [-0.4, -0.2) is 16.7 Å². The summed E-state index contributed by atoms with van der Waals surface area (Å²) in [5, 5.41) is 16.8. The van der Waals surface area contributed by atoms with Crippen molar-refractivity contribution in [3.8, 4) is 6.07 Å². The molecule has 5 heteroatoms. The van der Waals surface area contributed by atoms with Crippen LogP contribution in [-0.2, 0) is 0 Å². The number of anilines is 3. The Bertz CT molecular complexity index is 785. The molecule has 1 aromatic heterocycles. The lowest BCUT2D eigenvalue weighted by atomic mass is 10.1. The van der Waals surface area contributed by atoms with Gasteiger partial charge in [-0.1, -0.05) is 18.2 Å². The Kier molecular flexibility index (Phi) is 3.44. The van der Waals surface area contributed by atoms with Crippen LogP contribution < -0.4 is 10.6 Å². The molecule has 3 N–H and O–H groups in total. The minimum absolute atomic E-state index is 0.426. The molecule has 0 fully saturated rings. The summed E-state index contributed by atoms with van der Waals surface area (Å²) in [7, 11) is 0. The number of fused-ring (bicyclic) bond motifs is 1. The van der Waals surface area contributed by atoms with Crippen LogP contribution in [0, 0.1) is 11.3 Å². The molecule has 0 aliphatic heterocycles. The van der Waals surface area contributed by atoms with E-state index in [1.54, 1.807) is 6.20 Å². The predicted molar refractivity (Wildman–Crippen MR) is 84.2 cm³/mol. The molecule has 0 aliphatic rings. The average molecular weight is 277 g/mol. The summed E-state index contributed by atoms with van der Waals surface area (Å²) in [5.74, 6) is 0. The number of aromatic amines is 1. The second-order valence-corrected chi connectivity index (χ2v) is 4.76. The van der Waals surface area contributed by atoms with E-state index in [2.05, 4.69) is 21.2 Å². The van der Waals surface area contributed by atoms with Crippen LogP contribution >= 0.6 is 0 Å². The first-order valence-corrected chi connectivity index (χ1v) is 6.72. The van der Waals surface area contributed by atoms with Crippen LogP contribution in [0.5, 0.6) is 0 Å². The molecule has 104 valence electrons. The van der Waals surface area contributed by atoms with Gasteiger partial charge in [-0.3, -0.25) is 5.10 Å². The van der Waals surface area contributed by atoms with E-state index in [0.29, 0.717) is 18.7 Å². The number of para-hydroxylation sites is 1. The maximum atomic E-state index is 8.89. The molecule has 21 heavy (non-hydrogen) atoms. The number of aromatic nitrogens is 2. The second kappa shape index (κ2) is 5.55. The number of hydrogen-bond donors (Lipinski definition) is 2. The van der Waals surface area contributed by atoms with E-state index in [1.807, 2.05) is 42.5 Å². The minimum atomic E-state index is 0.426. The largest absolute Gasteiger partial charge is 0.397 e. The van der Waals surface area contributed by atoms with E-state index in [1.165, 1.54) is 0 Å². The van der Waals surface area contributed by atoms with Crippen molar-refractivity contribution in [3.05, 3.63) is 48.7 Å². The topological polar surface area (TPSA) is 81.7 Å². The van der Waals surface area contributed by atoms with Crippen molar-refractivity contribution >= 4 is 28.0 Å². The summed E-state index contributed by atoms with van der Waals surface area (Å²) in [6.07, 6.45) is 2.17. The van der Waals surface area contributed by atoms with Gasteiger partial charge in [0, 0.05) is 17.6 Å². The lowest BCUT2D eigenvalue weighted by Crippen LogP contribution is -2.19. The lowest BCUT2D eigenvalue weighted by molar-refractivity contribution is 0.950. The zero-order chi connectivity index (χ0) is 14.7. The van der Waals surface area contributed by atoms with Gasteiger partial charge in [-0.15, -0.1) is 0 Å². The monoisotopic (exact) mass is 277 g/mol. The first kappa shape index (κ1) is 13.0. The molecule has 5 nitrogen and oxygen atoms in total. The molecule has 0 aliphatic carbocycles. The maximum Gasteiger partial charge on any atom is 0.0672 e. The molecule has 0 saturated carbocycles. The molecule has 0 atom stereocenters. The van der Waals surface area contributed by atoms with Crippen molar-refractivity contribution < 1.29 is 0 Å². The fourth-order valence-electron chi connectivity index (χ4n) is 2.39. The number of hydrogen-bond acceptors (Lipinski definition) is 4. The maximum absolute atomic E-state index is 8.89. The van der Waals surface area contributed by atoms with Gasteiger partial charge in [0.1, 0.15) is 0 Å². The summed E-state index contributed by atoms with van der Waals surface area (Å²) in [6, 6.07) is 16.0. The van der Waals surface area contributed by atoms with E-state index in [-0.39, 0.29) is 0 Å². The first-order chi connectivity index (χ1) is 10.3. The van der Waals surface area contributed by atoms with Gasteiger partial charge in [0.05, 0.1) is 35.6 Å². The molecule has 0 spiro atoms. The number of benzene rings is 2. The molecule has 2 aromatic carbocycles. The van der Waals surface area contributed by atoms with Gasteiger partial charge in [-0.2, -0.15) is 10.4 Å². The highest BCUT2D eigenvalue weighted by Gasteiger charge is 2.13. The number of nitrogen functional groups attached to an aromatic ring is 1. The Morgan fingerprint density at radius 3 is 2.81 bits per heavy atom. The highest BCUT2D eigenvalue weighted by Crippen LogP contribution is 2.33. The van der Waals surface area contributed by atoms with E-state index >= 15 is 0 Å². The summed E-state index contributed by atoms with van der Waals surface area (Å²) in [5.41, 5.74) is 9.68. The Hall–Kier alpha value is -3.00. The van der Waals surface area contributed by atoms with Gasteiger partial charge >= 0.3 is 0 Å². The highest BCUT2D eigenvalue weighted by atomic mass is 15.1. The molecule has 3 rings (SSSR count). The molecule has 0 saturated heterocycles. The van der Waals surface area contributed by atoms with Gasteiger partial charge < -0.3 is 10.6 Å². The number of rotatable bonds is 4. The van der Waals surface area contributed by atoms with Gasteiger partial charge in [0.25, 0.3) is 0 Å². The third-order valence-electron chi connectivity index (χ3n) is 3.39. The van der Waals surface area contributed by atoms with Gasteiger partial charge in [-0.05, 0) is 24.3 Å². The van der Waals surface area contributed by atoms with Crippen LogP contribution in [0.15, 0.2) is 48.7 Å². The zero-order valence-electron chi connectivity index (χ0n) is 11.5. The SMILES string of the molecule is N#CCCN(c1ccccc1)c1cc2[nH]ncc2cc1N. The number of H-pyrrole nitrogens is 1. The van der Waals surface area contributed by atoms with E-state index in [4.69, 9.17) is 11.0 Å². The third-order valence-corrected chi connectivity index (χ3v) is 3.39. The summed E-state index contributed by atoms with van der Waals surface area (Å²) in [4.78, 5) is 2.05. The van der Waals surface area contributed by atoms with Gasteiger partial charge in [-0.25, -0.2) is 0 Å². The van der Waals surface area contributed by atoms with Crippen LogP contribution in [0.4, 0.5) is 17.1 Å². The van der Waals surface area contributed by atoms with Crippen molar-refractivity contribution in [2.75, 3.05) is 17.2 Å². The Morgan fingerprint density at radius 2 is 2.05 bits per heavy atom.